The minimum Gasteiger partial charge on any atom is -0.379 e. The molecule has 0 aliphatic carbocycles. The van der Waals surface area contributed by atoms with Gasteiger partial charge in [-0.2, -0.15) is 0 Å². The topological polar surface area (TPSA) is 25.4 Å². The van der Waals surface area contributed by atoms with Crippen molar-refractivity contribution in [1.29, 1.82) is 0 Å². The molecule has 1 aromatic rings. The van der Waals surface area contributed by atoms with Crippen LogP contribution in [0.1, 0.15) is 18.5 Å². The quantitative estimate of drug-likeness (QED) is 0.749. The monoisotopic (exact) mass is 206 g/mol. The Morgan fingerprint density at radius 3 is 2.87 bits per heavy atom. The number of rotatable bonds is 3. The number of hydrogen-bond acceptors (Lipinski definition) is 3. The van der Waals surface area contributed by atoms with Gasteiger partial charge in [0.25, 0.3) is 0 Å². The van der Waals surface area contributed by atoms with Crippen LogP contribution < -0.4 is 0 Å². The maximum Gasteiger partial charge on any atom is 0.0594 e. The summed E-state index contributed by atoms with van der Waals surface area (Å²) < 4.78 is 5.33. The predicted molar refractivity (Wildman–Crippen MR) is 59.9 cm³/mol. The molecule has 0 N–H and O–H groups in total. The maximum absolute atomic E-state index is 5.33. The van der Waals surface area contributed by atoms with Crippen LogP contribution in [0.2, 0.25) is 0 Å². The highest BCUT2D eigenvalue weighted by atomic mass is 16.5. The lowest BCUT2D eigenvalue weighted by Crippen LogP contribution is -2.38. The molecule has 1 unspecified atom stereocenters. The Kier molecular flexibility index (Phi) is 3.69. The Balaban J connectivity index is 1.88. The highest BCUT2D eigenvalue weighted by Crippen LogP contribution is 2.14. The molecule has 0 spiro atoms. The first kappa shape index (κ1) is 10.6. The molecular weight excluding hydrogens is 188 g/mol. The molecule has 82 valence electrons. The molecule has 2 rings (SSSR count). The lowest BCUT2D eigenvalue weighted by atomic mass is 10.1. The van der Waals surface area contributed by atoms with Gasteiger partial charge in [-0.25, -0.2) is 0 Å². The highest BCUT2D eigenvalue weighted by molar-refractivity contribution is 5.08. The van der Waals surface area contributed by atoms with Crippen LogP contribution in [0.25, 0.3) is 0 Å². The number of ether oxygens (including phenoxy) is 1. The summed E-state index contributed by atoms with van der Waals surface area (Å²) in [6.07, 6.45) is 1.87. The average Bonchev–Trinajstić information content (AvgIpc) is 2.31. The van der Waals surface area contributed by atoms with Crippen LogP contribution in [0, 0.1) is 0 Å². The van der Waals surface area contributed by atoms with Crippen LogP contribution in [0.5, 0.6) is 0 Å². The van der Waals surface area contributed by atoms with Crippen molar-refractivity contribution in [2.75, 3.05) is 32.8 Å². The minimum atomic E-state index is 0.504. The van der Waals surface area contributed by atoms with Gasteiger partial charge in [0.1, 0.15) is 0 Å². The molecule has 1 atom stereocenters. The number of hydrogen-bond donors (Lipinski definition) is 0. The summed E-state index contributed by atoms with van der Waals surface area (Å²) in [6, 6.07) is 6.12. The summed E-state index contributed by atoms with van der Waals surface area (Å²) in [6.45, 7) is 7.16. The van der Waals surface area contributed by atoms with Crippen LogP contribution >= 0.6 is 0 Å². The van der Waals surface area contributed by atoms with Gasteiger partial charge in [0, 0.05) is 37.4 Å². The zero-order valence-corrected chi connectivity index (χ0v) is 9.22. The van der Waals surface area contributed by atoms with Crippen molar-refractivity contribution < 1.29 is 4.74 Å². The van der Waals surface area contributed by atoms with Gasteiger partial charge in [-0.1, -0.05) is 13.0 Å². The Morgan fingerprint density at radius 1 is 1.40 bits per heavy atom. The smallest absolute Gasteiger partial charge is 0.0594 e. The fourth-order valence-corrected chi connectivity index (χ4v) is 1.93. The number of nitrogens with zero attached hydrogens (tertiary/aromatic N) is 2. The second kappa shape index (κ2) is 5.24. The molecule has 3 nitrogen and oxygen atoms in total. The third-order valence-corrected chi connectivity index (χ3v) is 2.83. The van der Waals surface area contributed by atoms with Crippen molar-refractivity contribution in [3.05, 3.63) is 30.1 Å². The van der Waals surface area contributed by atoms with Crippen molar-refractivity contribution in [2.24, 2.45) is 0 Å². The number of aromatic nitrogens is 1. The SMILES string of the molecule is CC(CN1CCOCC1)c1ccccn1. The Hall–Kier alpha value is -0.930. The zero-order chi connectivity index (χ0) is 10.5. The summed E-state index contributed by atoms with van der Waals surface area (Å²) in [5.74, 6) is 0.504. The van der Waals surface area contributed by atoms with E-state index < -0.39 is 0 Å². The van der Waals surface area contributed by atoms with Gasteiger partial charge < -0.3 is 4.74 Å². The molecule has 1 aliphatic heterocycles. The fraction of sp³-hybridized carbons (Fsp3) is 0.583. The second-order valence-electron chi connectivity index (χ2n) is 4.07. The molecule has 1 aliphatic rings. The van der Waals surface area contributed by atoms with Crippen LogP contribution in [0.3, 0.4) is 0 Å². The maximum atomic E-state index is 5.33. The van der Waals surface area contributed by atoms with Gasteiger partial charge in [0.05, 0.1) is 13.2 Å². The van der Waals surface area contributed by atoms with E-state index in [0.29, 0.717) is 5.92 Å². The normalized spacial score (nSPS) is 20.1. The number of pyridine rings is 1. The van der Waals surface area contributed by atoms with Gasteiger partial charge in [0.2, 0.25) is 0 Å². The molecule has 0 bridgehead atoms. The Labute approximate surface area is 91.1 Å². The van der Waals surface area contributed by atoms with Crippen molar-refractivity contribution >= 4 is 0 Å². The van der Waals surface area contributed by atoms with Gasteiger partial charge >= 0.3 is 0 Å². The summed E-state index contributed by atoms with van der Waals surface area (Å²) in [5.41, 5.74) is 1.18. The molecule has 1 aromatic heterocycles. The molecule has 15 heavy (non-hydrogen) atoms. The van der Waals surface area contributed by atoms with E-state index in [1.54, 1.807) is 0 Å². The first-order chi connectivity index (χ1) is 7.36. The summed E-state index contributed by atoms with van der Waals surface area (Å²) in [5, 5.41) is 0. The lowest BCUT2D eigenvalue weighted by molar-refractivity contribution is 0.0356. The first-order valence-corrected chi connectivity index (χ1v) is 5.57. The second-order valence-corrected chi connectivity index (χ2v) is 4.07. The molecule has 1 fully saturated rings. The van der Waals surface area contributed by atoms with E-state index in [1.165, 1.54) is 5.69 Å². The summed E-state index contributed by atoms with van der Waals surface area (Å²) in [4.78, 5) is 6.83. The van der Waals surface area contributed by atoms with Crippen molar-refractivity contribution in [3.8, 4) is 0 Å². The molecule has 0 saturated carbocycles. The molecule has 3 heteroatoms. The van der Waals surface area contributed by atoms with Crippen LogP contribution in [0.4, 0.5) is 0 Å². The molecule has 0 radical (unpaired) electrons. The predicted octanol–water partition coefficient (Wildman–Crippen LogP) is 1.52. The van der Waals surface area contributed by atoms with E-state index in [9.17, 15) is 0 Å². The van der Waals surface area contributed by atoms with E-state index in [0.717, 1.165) is 32.8 Å². The third kappa shape index (κ3) is 3.01. The Bertz CT molecular complexity index is 283. The standard InChI is InChI=1S/C12H18N2O/c1-11(12-4-2-3-5-13-12)10-14-6-8-15-9-7-14/h2-5,11H,6-10H2,1H3. The largest absolute Gasteiger partial charge is 0.379 e. The minimum absolute atomic E-state index is 0.504. The van der Waals surface area contributed by atoms with E-state index in [-0.39, 0.29) is 0 Å². The Morgan fingerprint density at radius 2 is 2.20 bits per heavy atom. The number of morpholine rings is 1. The molecule has 1 saturated heterocycles. The third-order valence-electron chi connectivity index (χ3n) is 2.83. The van der Waals surface area contributed by atoms with Crippen molar-refractivity contribution in [1.82, 2.24) is 9.88 Å². The van der Waals surface area contributed by atoms with Crippen molar-refractivity contribution in [3.63, 3.8) is 0 Å². The van der Waals surface area contributed by atoms with E-state index in [4.69, 9.17) is 4.74 Å². The first-order valence-electron chi connectivity index (χ1n) is 5.57. The zero-order valence-electron chi connectivity index (χ0n) is 9.22. The van der Waals surface area contributed by atoms with E-state index in [2.05, 4.69) is 28.9 Å². The molecule has 0 aromatic carbocycles. The lowest BCUT2D eigenvalue weighted by Gasteiger charge is -2.28. The molecule has 2 heterocycles. The van der Waals surface area contributed by atoms with Gasteiger partial charge in [-0.3, -0.25) is 9.88 Å². The highest BCUT2D eigenvalue weighted by Gasteiger charge is 2.15. The van der Waals surface area contributed by atoms with Crippen molar-refractivity contribution in [2.45, 2.75) is 12.8 Å². The fourth-order valence-electron chi connectivity index (χ4n) is 1.93. The summed E-state index contributed by atoms with van der Waals surface area (Å²) in [7, 11) is 0. The average molecular weight is 206 g/mol. The van der Waals surface area contributed by atoms with Gasteiger partial charge in [0.15, 0.2) is 0 Å². The van der Waals surface area contributed by atoms with E-state index >= 15 is 0 Å². The van der Waals surface area contributed by atoms with Gasteiger partial charge in [-0.15, -0.1) is 0 Å². The molecule has 0 amide bonds. The van der Waals surface area contributed by atoms with Crippen LogP contribution in [-0.2, 0) is 4.74 Å². The molecular formula is C12H18N2O. The van der Waals surface area contributed by atoms with Gasteiger partial charge in [-0.05, 0) is 12.1 Å². The van der Waals surface area contributed by atoms with Crippen LogP contribution in [0.15, 0.2) is 24.4 Å². The van der Waals surface area contributed by atoms with E-state index in [1.807, 2.05) is 12.3 Å². The summed E-state index contributed by atoms with van der Waals surface area (Å²) >= 11 is 0. The van der Waals surface area contributed by atoms with Crippen LogP contribution in [-0.4, -0.2) is 42.7 Å².